The van der Waals surface area contributed by atoms with Crippen molar-refractivity contribution in [2.45, 2.75) is 64.5 Å². The molecule has 0 radical (unpaired) electrons. The highest BCUT2D eigenvalue weighted by atomic mass is 32.2. The first-order chi connectivity index (χ1) is 9.92. The van der Waals surface area contributed by atoms with Crippen molar-refractivity contribution in [3.63, 3.8) is 0 Å². The summed E-state index contributed by atoms with van der Waals surface area (Å²) in [5, 5.41) is 3.75. The van der Waals surface area contributed by atoms with E-state index in [1.165, 1.54) is 32.1 Å². The summed E-state index contributed by atoms with van der Waals surface area (Å²) in [7, 11) is -2.87. The standard InChI is InChI=1S/C16H32N2O2S/c1-4-14(3)15-12-18(10-11-21(19,20)5-2)16(13-17-15)8-6-7-9-16/h14-15,17H,4-13H2,1-3H3. The first-order valence-corrected chi connectivity index (χ1v) is 10.4. The fourth-order valence-corrected chi connectivity index (χ4v) is 4.63. The molecule has 2 rings (SSSR count). The zero-order valence-corrected chi connectivity index (χ0v) is 14.7. The number of hydrogen-bond donors (Lipinski definition) is 1. The monoisotopic (exact) mass is 316 g/mol. The number of nitrogens with one attached hydrogen (secondary N) is 1. The summed E-state index contributed by atoms with van der Waals surface area (Å²) < 4.78 is 23.7. The average Bonchev–Trinajstić information content (AvgIpc) is 2.95. The second-order valence-corrected chi connectivity index (χ2v) is 9.46. The summed E-state index contributed by atoms with van der Waals surface area (Å²) in [4.78, 5) is 2.51. The van der Waals surface area contributed by atoms with Crippen LogP contribution in [0.1, 0.15) is 52.9 Å². The molecule has 2 fully saturated rings. The van der Waals surface area contributed by atoms with E-state index in [2.05, 4.69) is 24.1 Å². The molecular weight excluding hydrogens is 284 g/mol. The van der Waals surface area contributed by atoms with E-state index in [4.69, 9.17) is 0 Å². The first-order valence-electron chi connectivity index (χ1n) is 8.61. The molecule has 1 N–H and O–H groups in total. The van der Waals surface area contributed by atoms with Gasteiger partial charge in [-0.1, -0.05) is 40.0 Å². The molecule has 21 heavy (non-hydrogen) atoms. The van der Waals surface area contributed by atoms with E-state index < -0.39 is 9.84 Å². The average molecular weight is 317 g/mol. The van der Waals surface area contributed by atoms with Gasteiger partial charge < -0.3 is 5.32 Å². The predicted molar refractivity (Wildman–Crippen MR) is 88.3 cm³/mol. The van der Waals surface area contributed by atoms with Crippen LogP contribution in [0.3, 0.4) is 0 Å². The third kappa shape index (κ3) is 3.99. The molecular formula is C16H32N2O2S. The maximum Gasteiger partial charge on any atom is 0.151 e. The van der Waals surface area contributed by atoms with Crippen LogP contribution in [0, 0.1) is 5.92 Å². The molecule has 1 heterocycles. The highest BCUT2D eigenvalue weighted by molar-refractivity contribution is 7.91. The Morgan fingerprint density at radius 3 is 2.52 bits per heavy atom. The van der Waals surface area contributed by atoms with E-state index in [1.807, 2.05) is 0 Å². The van der Waals surface area contributed by atoms with Crippen LogP contribution in [0.25, 0.3) is 0 Å². The maximum atomic E-state index is 11.9. The Kier molecular flexibility index (Phi) is 5.71. The van der Waals surface area contributed by atoms with Crippen molar-refractivity contribution >= 4 is 9.84 Å². The smallest absolute Gasteiger partial charge is 0.151 e. The number of nitrogens with zero attached hydrogens (tertiary/aromatic N) is 1. The van der Waals surface area contributed by atoms with Gasteiger partial charge in [-0.15, -0.1) is 0 Å². The van der Waals surface area contributed by atoms with Crippen LogP contribution in [0.2, 0.25) is 0 Å². The lowest BCUT2D eigenvalue weighted by Crippen LogP contribution is -2.65. The normalized spacial score (nSPS) is 28.0. The van der Waals surface area contributed by atoms with Gasteiger partial charge in [0.25, 0.3) is 0 Å². The van der Waals surface area contributed by atoms with E-state index in [0.717, 1.165) is 13.1 Å². The molecule has 1 aliphatic heterocycles. The number of rotatable bonds is 6. The fraction of sp³-hybridized carbons (Fsp3) is 1.00. The van der Waals surface area contributed by atoms with Crippen molar-refractivity contribution in [1.82, 2.24) is 10.2 Å². The summed E-state index contributed by atoms with van der Waals surface area (Å²) in [5.41, 5.74) is 0.229. The molecule has 124 valence electrons. The van der Waals surface area contributed by atoms with Gasteiger partial charge in [0.2, 0.25) is 0 Å². The molecule has 1 aliphatic carbocycles. The van der Waals surface area contributed by atoms with E-state index in [-0.39, 0.29) is 11.3 Å². The van der Waals surface area contributed by atoms with Gasteiger partial charge in [0.1, 0.15) is 0 Å². The molecule has 2 unspecified atom stereocenters. The van der Waals surface area contributed by atoms with Crippen LogP contribution >= 0.6 is 0 Å². The van der Waals surface area contributed by atoms with Gasteiger partial charge in [-0.25, -0.2) is 8.42 Å². The largest absolute Gasteiger partial charge is 0.311 e. The van der Waals surface area contributed by atoms with Gasteiger partial charge >= 0.3 is 0 Å². The summed E-state index contributed by atoms with van der Waals surface area (Å²) in [6, 6.07) is 0.505. The predicted octanol–water partition coefficient (Wildman–Crippen LogP) is 2.05. The Bertz CT molecular complexity index is 430. The quantitative estimate of drug-likeness (QED) is 0.815. The molecule has 0 bridgehead atoms. The van der Waals surface area contributed by atoms with E-state index >= 15 is 0 Å². The Morgan fingerprint density at radius 2 is 1.95 bits per heavy atom. The van der Waals surface area contributed by atoms with Crippen LogP contribution < -0.4 is 5.32 Å². The van der Waals surface area contributed by atoms with Crippen LogP contribution in [0.4, 0.5) is 0 Å². The SMILES string of the molecule is CCC(C)C1CN(CCS(=O)(=O)CC)C2(CCCC2)CN1. The highest BCUT2D eigenvalue weighted by Gasteiger charge is 2.44. The summed E-state index contributed by atoms with van der Waals surface area (Å²) >= 11 is 0. The number of piperazine rings is 1. The minimum atomic E-state index is -2.87. The zero-order chi connectivity index (χ0) is 15.5. The van der Waals surface area contributed by atoms with Crippen molar-refractivity contribution in [2.75, 3.05) is 31.1 Å². The molecule has 0 aromatic carbocycles. The van der Waals surface area contributed by atoms with Crippen LogP contribution in [-0.4, -0.2) is 56.0 Å². The minimum absolute atomic E-state index is 0.229. The van der Waals surface area contributed by atoms with Crippen molar-refractivity contribution < 1.29 is 8.42 Å². The Balaban J connectivity index is 2.06. The molecule has 0 aromatic heterocycles. The first kappa shape index (κ1) is 17.2. The van der Waals surface area contributed by atoms with E-state index in [9.17, 15) is 8.42 Å². The molecule has 1 saturated carbocycles. The zero-order valence-electron chi connectivity index (χ0n) is 13.9. The van der Waals surface area contributed by atoms with Gasteiger partial charge in [0.15, 0.2) is 9.84 Å². The van der Waals surface area contributed by atoms with Gasteiger partial charge in [0.05, 0.1) is 5.75 Å². The van der Waals surface area contributed by atoms with Gasteiger partial charge in [0, 0.05) is 37.0 Å². The lowest BCUT2D eigenvalue weighted by atomic mass is 9.87. The lowest BCUT2D eigenvalue weighted by molar-refractivity contribution is 0.0362. The van der Waals surface area contributed by atoms with Crippen molar-refractivity contribution in [2.24, 2.45) is 5.92 Å². The van der Waals surface area contributed by atoms with Crippen molar-refractivity contribution in [1.29, 1.82) is 0 Å². The summed E-state index contributed by atoms with van der Waals surface area (Å²) in [5.74, 6) is 1.23. The highest BCUT2D eigenvalue weighted by Crippen LogP contribution is 2.37. The topological polar surface area (TPSA) is 49.4 Å². The number of hydrogen-bond acceptors (Lipinski definition) is 4. The Morgan fingerprint density at radius 1 is 1.29 bits per heavy atom. The van der Waals surface area contributed by atoms with Gasteiger partial charge in [-0.2, -0.15) is 0 Å². The second-order valence-electron chi connectivity index (χ2n) is 6.99. The summed E-state index contributed by atoms with van der Waals surface area (Å²) in [6.07, 6.45) is 6.18. The molecule has 1 spiro atoms. The van der Waals surface area contributed by atoms with Gasteiger partial charge in [-0.3, -0.25) is 4.90 Å². The third-order valence-corrected chi connectivity index (χ3v) is 7.44. The Hall–Kier alpha value is -0.130. The van der Waals surface area contributed by atoms with Crippen molar-refractivity contribution in [3.8, 4) is 0 Å². The van der Waals surface area contributed by atoms with Crippen LogP contribution in [0.15, 0.2) is 0 Å². The molecule has 2 atom stereocenters. The van der Waals surface area contributed by atoms with E-state index in [1.54, 1.807) is 6.92 Å². The molecule has 0 amide bonds. The second kappa shape index (κ2) is 6.97. The molecule has 4 nitrogen and oxygen atoms in total. The molecule has 2 aliphatic rings. The number of sulfone groups is 1. The maximum absolute atomic E-state index is 11.9. The Labute approximate surface area is 130 Å². The lowest BCUT2D eigenvalue weighted by Gasteiger charge is -2.49. The summed E-state index contributed by atoms with van der Waals surface area (Å²) in [6.45, 7) is 9.04. The molecule has 5 heteroatoms. The third-order valence-electron chi connectivity index (χ3n) is 5.76. The minimum Gasteiger partial charge on any atom is -0.311 e. The van der Waals surface area contributed by atoms with E-state index in [0.29, 0.717) is 24.3 Å². The van der Waals surface area contributed by atoms with Crippen LogP contribution in [-0.2, 0) is 9.84 Å². The van der Waals surface area contributed by atoms with Crippen LogP contribution in [0.5, 0.6) is 0 Å². The van der Waals surface area contributed by atoms with Crippen molar-refractivity contribution in [3.05, 3.63) is 0 Å². The van der Waals surface area contributed by atoms with Gasteiger partial charge in [-0.05, 0) is 18.8 Å². The molecule has 1 saturated heterocycles. The molecule has 0 aromatic rings. The fourth-order valence-electron chi connectivity index (χ4n) is 3.84.